The van der Waals surface area contributed by atoms with Crippen molar-refractivity contribution >= 4 is 5.91 Å². The first-order valence-corrected chi connectivity index (χ1v) is 9.11. The molecular weight excluding hydrogens is 318 g/mol. The van der Waals surface area contributed by atoms with E-state index in [0.29, 0.717) is 25.2 Å². The van der Waals surface area contributed by atoms with Gasteiger partial charge in [-0.1, -0.05) is 12.1 Å². The van der Waals surface area contributed by atoms with Crippen LogP contribution in [0.1, 0.15) is 12.5 Å². The number of piperazine rings is 1. The molecule has 2 aliphatic heterocycles. The first kappa shape index (κ1) is 18.2. The van der Waals surface area contributed by atoms with Crippen molar-refractivity contribution in [1.29, 1.82) is 0 Å². The Labute approximate surface area is 150 Å². The molecule has 25 heavy (non-hydrogen) atoms. The first-order chi connectivity index (χ1) is 12.2. The number of rotatable bonds is 6. The number of nitrogens with one attached hydrogen (secondary N) is 1. The van der Waals surface area contributed by atoms with Gasteiger partial charge < -0.3 is 14.8 Å². The maximum Gasteiger partial charge on any atom is 0.234 e. The number of nitrogens with zero attached hydrogens (tertiary/aromatic N) is 2. The van der Waals surface area contributed by atoms with Gasteiger partial charge in [0.25, 0.3) is 0 Å². The summed E-state index contributed by atoms with van der Waals surface area (Å²) in [6, 6.07) is 8.88. The summed E-state index contributed by atoms with van der Waals surface area (Å²) in [5, 5.41) is 3.03. The quantitative estimate of drug-likeness (QED) is 0.823. The third kappa shape index (κ3) is 4.93. The molecule has 3 rings (SSSR count). The van der Waals surface area contributed by atoms with Gasteiger partial charge in [0, 0.05) is 38.3 Å². The molecule has 0 aliphatic carbocycles. The lowest BCUT2D eigenvalue weighted by Crippen LogP contribution is -2.61. The number of amides is 1. The summed E-state index contributed by atoms with van der Waals surface area (Å²) < 4.78 is 10.8. The van der Waals surface area contributed by atoms with E-state index >= 15 is 0 Å². The van der Waals surface area contributed by atoms with E-state index < -0.39 is 0 Å². The smallest absolute Gasteiger partial charge is 0.234 e. The van der Waals surface area contributed by atoms with Crippen molar-refractivity contribution in [2.75, 3.05) is 53.0 Å². The molecule has 1 aromatic rings. The summed E-state index contributed by atoms with van der Waals surface area (Å²) in [6.07, 6.45) is 0.831. The molecule has 0 aromatic heterocycles. The second-order valence-electron chi connectivity index (χ2n) is 6.96. The van der Waals surface area contributed by atoms with E-state index in [0.717, 1.165) is 45.0 Å². The van der Waals surface area contributed by atoms with Gasteiger partial charge in [-0.25, -0.2) is 0 Å². The second kappa shape index (κ2) is 8.65. The molecule has 6 nitrogen and oxygen atoms in total. The molecule has 138 valence electrons. The molecule has 2 aliphatic rings. The highest BCUT2D eigenvalue weighted by Crippen LogP contribution is 2.18. The zero-order chi connectivity index (χ0) is 17.6. The predicted octanol–water partition coefficient (Wildman–Crippen LogP) is 0.759. The van der Waals surface area contributed by atoms with Crippen LogP contribution in [0, 0.1) is 0 Å². The van der Waals surface area contributed by atoms with E-state index in [2.05, 4.69) is 22.0 Å². The van der Waals surface area contributed by atoms with E-state index in [1.165, 1.54) is 5.56 Å². The summed E-state index contributed by atoms with van der Waals surface area (Å²) in [6.45, 7) is 7.84. The zero-order valence-corrected chi connectivity index (χ0v) is 15.2. The number of hydrogen-bond donors (Lipinski definition) is 1. The van der Waals surface area contributed by atoms with Crippen LogP contribution in [0.5, 0.6) is 5.75 Å². The van der Waals surface area contributed by atoms with Crippen LogP contribution >= 0.6 is 0 Å². The van der Waals surface area contributed by atoms with Crippen LogP contribution in [-0.2, 0) is 16.0 Å². The van der Waals surface area contributed by atoms with Crippen LogP contribution in [0.4, 0.5) is 0 Å². The van der Waals surface area contributed by atoms with Crippen molar-refractivity contribution in [3.8, 4) is 5.75 Å². The van der Waals surface area contributed by atoms with E-state index in [4.69, 9.17) is 9.47 Å². The van der Waals surface area contributed by atoms with Crippen LogP contribution in [0.3, 0.4) is 0 Å². The first-order valence-electron chi connectivity index (χ1n) is 9.11. The molecule has 6 heteroatoms. The lowest BCUT2D eigenvalue weighted by molar-refractivity contribution is -0.124. The lowest BCUT2D eigenvalue weighted by atomic mass is 10.1. The van der Waals surface area contributed by atoms with Crippen molar-refractivity contribution in [3.05, 3.63) is 29.8 Å². The van der Waals surface area contributed by atoms with Crippen molar-refractivity contribution in [3.63, 3.8) is 0 Å². The summed E-state index contributed by atoms with van der Waals surface area (Å²) in [5.41, 5.74) is 1.20. The Kier molecular flexibility index (Phi) is 6.29. The number of fused-ring (bicyclic) bond motifs is 1. The molecule has 2 heterocycles. The minimum absolute atomic E-state index is 0.103. The van der Waals surface area contributed by atoms with Gasteiger partial charge in [0.15, 0.2) is 0 Å². The third-order valence-corrected chi connectivity index (χ3v) is 5.11. The monoisotopic (exact) mass is 347 g/mol. The molecule has 2 saturated heterocycles. The summed E-state index contributed by atoms with van der Waals surface area (Å²) in [5.74, 6) is 0.958. The van der Waals surface area contributed by atoms with Gasteiger partial charge >= 0.3 is 0 Å². The fourth-order valence-corrected chi connectivity index (χ4v) is 3.67. The number of morpholine rings is 1. The number of ether oxygens (including phenoxy) is 2. The van der Waals surface area contributed by atoms with Crippen molar-refractivity contribution in [1.82, 2.24) is 15.1 Å². The maximum absolute atomic E-state index is 12.2. The van der Waals surface area contributed by atoms with Gasteiger partial charge in [0.1, 0.15) is 5.75 Å². The molecule has 0 bridgehead atoms. The molecule has 2 atom stereocenters. The van der Waals surface area contributed by atoms with Crippen molar-refractivity contribution in [2.45, 2.75) is 25.4 Å². The number of carbonyl (C=O) groups is 1. The number of methoxy groups -OCH3 is 1. The SMILES string of the molecule is COc1ccc(CCNC(=O)CN2CCN3[C@@H](COC[C@@H]3C)C2)cc1. The van der Waals surface area contributed by atoms with E-state index in [9.17, 15) is 4.79 Å². The number of hydrogen-bond acceptors (Lipinski definition) is 5. The van der Waals surface area contributed by atoms with Crippen LogP contribution in [0.2, 0.25) is 0 Å². The van der Waals surface area contributed by atoms with Gasteiger partial charge in [0.05, 0.1) is 26.9 Å². The maximum atomic E-state index is 12.2. The highest BCUT2D eigenvalue weighted by Gasteiger charge is 2.33. The Bertz CT molecular complexity index is 564. The standard InChI is InChI=1S/C19H29N3O3/c1-15-13-25-14-17-11-21(9-10-22(15)17)12-19(23)20-8-7-16-3-5-18(24-2)6-4-16/h3-6,15,17H,7-14H2,1-2H3,(H,20,23)/t15-,17+/m0/s1. The normalized spacial score (nSPS) is 24.6. The summed E-state index contributed by atoms with van der Waals surface area (Å²) >= 11 is 0. The lowest BCUT2D eigenvalue weighted by Gasteiger charge is -2.46. The Balaban J connectivity index is 1.37. The second-order valence-corrected chi connectivity index (χ2v) is 6.96. The van der Waals surface area contributed by atoms with E-state index in [-0.39, 0.29) is 5.91 Å². The zero-order valence-electron chi connectivity index (χ0n) is 15.2. The molecule has 1 aromatic carbocycles. The molecule has 0 unspecified atom stereocenters. The summed E-state index contributed by atoms with van der Waals surface area (Å²) in [4.78, 5) is 17.0. The van der Waals surface area contributed by atoms with Gasteiger partial charge in [-0.15, -0.1) is 0 Å². The van der Waals surface area contributed by atoms with Crippen LogP contribution < -0.4 is 10.1 Å². The third-order valence-electron chi connectivity index (χ3n) is 5.11. The Morgan fingerprint density at radius 3 is 2.84 bits per heavy atom. The topological polar surface area (TPSA) is 54.0 Å². The average molecular weight is 347 g/mol. The Morgan fingerprint density at radius 2 is 2.08 bits per heavy atom. The Morgan fingerprint density at radius 1 is 1.28 bits per heavy atom. The fraction of sp³-hybridized carbons (Fsp3) is 0.632. The minimum atomic E-state index is 0.103. The molecular formula is C19H29N3O3. The molecule has 0 spiro atoms. The molecule has 0 saturated carbocycles. The predicted molar refractivity (Wildman–Crippen MR) is 96.9 cm³/mol. The fourth-order valence-electron chi connectivity index (χ4n) is 3.67. The van der Waals surface area contributed by atoms with Crippen molar-refractivity contribution in [2.24, 2.45) is 0 Å². The largest absolute Gasteiger partial charge is 0.497 e. The summed E-state index contributed by atoms with van der Waals surface area (Å²) in [7, 11) is 1.66. The molecule has 1 N–H and O–H groups in total. The Hall–Kier alpha value is -1.63. The molecule has 2 fully saturated rings. The van der Waals surface area contributed by atoms with Crippen LogP contribution in [0.25, 0.3) is 0 Å². The molecule has 0 radical (unpaired) electrons. The number of carbonyl (C=O) groups excluding carboxylic acids is 1. The van der Waals surface area contributed by atoms with Gasteiger partial charge in [-0.05, 0) is 31.0 Å². The van der Waals surface area contributed by atoms with E-state index in [1.54, 1.807) is 7.11 Å². The highest BCUT2D eigenvalue weighted by atomic mass is 16.5. The van der Waals surface area contributed by atoms with Gasteiger partial charge in [-0.2, -0.15) is 0 Å². The average Bonchev–Trinajstić information content (AvgIpc) is 2.62. The minimum Gasteiger partial charge on any atom is -0.497 e. The highest BCUT2D eigenvalue weighted by molar-refractivity contribution is 5.78. The molecule has 1 amide bonds. The van der Waals surface area contributed by atoms with Crippen LogP contribution in [0.15, 0.2) is 24.3 Å². The number of benzene rings is 1. The van der Waals surface area contributed by atoms with Gasteiger partial charge in [0.2, 0.25) is 5.91 Å². The van der Waals surface area contributed by atoms with Gasteiger partial charge in [-0.3, -0.25) is 14.6 Å². The van der Waals surface area contributed by atoms with Crippen LogP contribution in [-0.4, -0.2) is 80.8 Å². The van der Waals surface area contributed by atoms with Crippen molar-refractivity contribution < 1.29 is 14.3 Å². The van der Waals surface area contributed by atoms with E-state index in [1.807, 2.05) is 24.3 Å².